The Bertz CT molecular complexity index is 615. The van der Waals surface area contributed by atoms with Crippen LogP contribution in [0.1, 0.15) is 31.9 Å². The number of benzene rings is 1. The van der Waals surface area contributed by atoms with Crippen LogP contribution in [0.2, 0.25) is 5.02 Å². The lowest BCUT2D eigenvalue weighted by Crippen LogP contribution is -2.36. The van der Waals surface area contributed by atoms with Crippen LogP contribution in [0.5, 0.6) is 0 Å². The standard InChI is InChI=1S/C15H21ClFNO3S/c1-10(2)15(13-4-3-12(16)7-14(13)17)18-22(19,20)9-11-5-6-21-8-11/h3-4,7,10-11,15,18H,5-6,8-9H2,1-2H3/t11-,15+/m0/s1. The van der Waals surface area contributed by atoms with Crippen molar-refractivity contribution in [3.63, 3.8) is 0 Å². The summed E-state index contributed by atoms with van der Waals surface area (Å²) < 4.78 is 46.6. The lowest BCUT2D eigenvalue weighted by atomic mass is 9.97. The summed E-state index contributed by atoms with van der Waals surface area (Å²) in [6.45, 7) is 4.75. The first-order valence-corrected chi connectivity index (χ1v) is 9.34. The molecule has 22 heavy (non-hydrogen) atoms. The summed E-state index contributed by atoms with van der Waals surface area (Å²) in [5.41, 5.74) is 0.311. The lowest BCUT2D eigenvalue weighted by molar-refractivity contribution is 0.188. The number of hydrogen-bond acceptors (Lipinski definition) is 3. The summed E-state index contributed by atoms with van der Waals surface area (Å²) in [6, 6.07) is 3.67. The van der Waals surface area contributed by atoms with Gasteiger partial charge in [0.2, 0.25) is 10.0 Å². The second-order valence-electron chi connectivity index (χ2n) is 6.02. The zero-order valence-electron chi connectivity index (χ0n) is 12.7. The Hall–Kier alpha value is -0.690. The van der Waals surface area contributed by atoms with Crippen LogP contribution in [0.4, 0.5) is 4.39 Å². The van der Waals surface area contributed by atoms with Crippen molar-refractivity contribution in [1.82, 2.24) is 4.72 Å². The molecule has 124 valence electrons. The summed E-state index contributed by atoms with van der Waals surface area (Å²) in [5, 5.41) is 0.287. The van der Waals surface area contributed by atoms with E-state index in [1.54, 1.807) is 6.07 Å². The van der Waals surface area contributed by atoms with Gasteiger partial charge in [-0.1, -0.05) is 31.5 Å². The van der Waals surface area contributed by atoms with Crippen LogP contribution in [0.3, 0.4) is 0 Å². The summed E-state index contributed by atoms with van der Waals surface area (Å²) in [7, 11) is -3.51. The number of sulfonamides is 1. The zero-order chi connectivity index (χ0) is 16.3. The molecule has 0 aromatic heterocycles. The first-order valence-electron chi connectivity index (χ1n) is 7.31. The third-order valence-corrected chi connectivity index (χ3v) is 5.51. The average Bonchev–Trinajstić information content (AvgIpc) is 2.88. The van der Waals surface area contributed by atoms with Crippen LogP contribution in [0.25, 0.3) is 0 Å². The molecule has 1 saturated heterocycles. The predicted octanol–water partition coefficient (Wildman–Crippen LogP) is 3.13. The monoisotopic (exact) mass is 349 g/mol. The molecule has 0 bridgehead atoms. The maximum absolute atomic E-state index is 14.1. The van der Waals surface area contributed by atoms with Crippen molar-refractivity contribution in [2.45, 2.75) is 26.3 Å². The van der Waals surface area contributed by atoms with Crippen LogP contribution in [0, 0.1) is 17.7 Å². The van der Waals surface area contributed by atoms with Gasteiger partial charge >= 0.3 is 0 Å². The Labute approximate surface area is 136 Å². The molecule has 1 fully saturated rings. The van der Waals surface area contributed by atoms with E-state index in [2.05, 4.69) is 4.72 Å². The van der Waals surface area contributed by atoms with Gasteiger partial charge in [-0.2, -0.15) is 0 Å². The van der Waals surface area contributed by atoms with E-state index in [0.717, 1.165) is 6.42 Å². The van der Waals surface area contributed by atoms with Gasteiger partial charge in [0.1, 0.15) is 5.82 Å². The highest BCUT2D eigenvalue weighted by molar-refractivity contribution is 7.89. The van der Waals surface area contributed by atoms with Crippen LogP contribution in [0.15, 0.2) is 18.2 Å². The molecule has 0 spiro atoms. The Morgan fingerprint density at radius 3 is 2.73 bits per heavy atom. The van der Waals surface area contributed by atoms with Crippen molar-refractivity contribution >= 4 is 21.6 Å². The molecular weight excluding hydrogens is 329 g/mol. The van der Waals surface area contributed by atoms with E-state index < -0.39 is 21.9 Å². The van der Waals surface area contributed by atoms with Gasteiger partial charge in [0.05, 0.1) is 18.4 Å². The Kier molecular flexibility index (Phi) is 5.82. The summed E-state index contributed by atoms with van der Waals surface area (Å²) in [5.74, 6) is -0.588. The molecule has 1 aliphatic rings. The third-order valence-electron chi connectivity index (χ3n) is 3.75. The third kappa shape index (κ3) is 4.65. The maximum Gasteiger partial charge on any atom is 0.212 e. The first kappa shape index (κ1) is 17.7. The van der Waals surface area contributed by atoms with Crippen molar-refractivity contribution in [3.8, 4) is 0 Å². The molecule has 0 aliphatic carbocycles. The number of rotatable bonds is 6. The van der Waals surface area contributed by atoms with E-state index in [-0.39, 0.29) is 22.6 Å². The van der Waals surface area contributed by atoms with Gasteiger partial charge in [-0.15, -0.1) is 0 Å². The molecule has 2 atom stereocenters. The number of nitrogens with one attached hydrogen (secondary N) is 1. The van der Waals surface area contributed by atoms with Crippen molar-refractivity contribution < 1.29 is 17.5 Å². The molecule has 2 rings (SSSR count). The molecule has 1 aliphatic heterocycles. The van der Waals surface area contributed by atoms with Crippen molar-refractivity contribution in [2.24, 2.45) is 11.8 Å². The van der Waals surface area contributed by atoms with Crippen molar-refractivity contribution in [3.05, 3.63) is 34.6 Å². The molecule has 0 saturated carbocycles. The lowest BCUT2D eigenvalue weighted by Gasteiger charge is -2.24. The van der Waals surface area contributed by atoms with Gasteiger partial charge in [-0.25, -0.2) is 17.5 Å². The minimum absolute atomic E-state index is 0.000349. The topological polar surface area (TPSA) is 55.4 Å². The highest BCUT2D eigenvalue weighted by Crippen LogP contribution is 2.27. The van der Waals surface area contributed by atoms with Crippen LogP contribution in [-0.2, 0) is 14.8 Å². The van der Waals surface area contributed by atoms with E-state index in [1.807, 2.05) is 13.8 Å². The van der Waals surface area contributed by atoms with Gasteiger partial charge < -0.3 is 4.74 Å². The summed E-state index contributed by atoms with van der Waals surface area (Å²) >= 11 is 5.76. The van der Waals surface area contributed by atoms with Gasteiger partial charge in [0, 0.05) is 17.2 Å². The minimum Gasteiger partial charge on any atom is -0.381 e. The largest absolute Gasteiger partial charge is 0.381 e. The number of ether oxygens (including phenoxy) is 1. The van der Waals surface area contributed by atoms with E-state index in [4.69, 9.17) is 16.3 Å². The molecular formula is C15H21ClFNO3S. The number of halogens is 2. The molecule has 7 heteroatoms. The van der Waals surface area contributed by atoms with Crippen LogP contribution in [-0.4, -0.2) is 27.4 Å². The molecule has 1 N–H and O–H groups in total. The molecule has 0 radical (unpaired) electrons. The van der Waals surface area contributed by atoms with Crippen LogP contribution < -0.4 is 4.72 Å². The molecule has 1 aromatic rings. The Morgan fingerprint density at radius 2 is 2.18 bits per heavy atom. The van der Waals surface area contributed by atoms with E-state index in [9.17, 15) is 12.8 Å². The highest BCUT2D eigenvalue weighted by atomic mass is 35.5. The minimum atomic E-state index is -3.51. The second-order valence-corrected chi connectivity index (χ2v) is 8.25. The van der Waals surface area contributed by atoms with Gasteiger partial charge in [-0.05, 0) is 30.4 Å². The summed E-state index contributed by atoms with van der Waals surface area (Å²) in [4.78, 5) is 0. The average molecular weight is 350 g/mol. The van der Waals surface area contributed by atoms with Gasteiger partial charge in [-0.3, -0.25) is 0 Å². The fourth-order valence-electron chi connectivity index (χ4n) is 2.58. The second kappa shape index (κ2) is 7.25. The smallest absolute Gasteiger partial charge is 0.212 e. The first-order chi connectivity index (χ1) is 10.3. The Balaban J connectivity index is 2.17. The number of hydrogen-bond donors (Lipinski definition) is 1. The molecule has 0 amide bonds. The normalized spacial score (nSPS) is 20.5. The Morgan fingerprint density at radius 1 is 1.45 bits per heavy atom. The molecule has 1 aromatic carbocycles. The summed E-state index contributed by atoms with van der Waals surface area (Å²) in [6.07, 6.45) is 0.739. The van der Waals surface area contributed by atoms with Crippen molar-refractivity contribution in [2.75, 3.05) is 19.0 Å². The quantitative estimate of drug-likeness (QED) is 0.858. The molecule has 0 unspecified atom stereocenters. The van der Waals surface area contributed by atoms with Crippen LogP contribution >= 0.6 is 11.6 Å². The van der Waals surface area contributed by atoms with Gasteiger partial charge in [0.25, 0.3) is 0 Å². The maximum atomic E-state index is 14.1. The van der Waals surface area contributed by atoms with Gasteiger partial charge in [0.15, 0.2) is 0 Å². The molecule has 4 nitrogen and oxygen atoms in total. The zero-order valence-corrected chi connectivity index (χ0v) is 14.3. The van der Waals surface area contributed by atoms with Crippen molar-refractivity contribution in [1.29, 1.82) is 0 Å². The fourth-order valence-corrected chi connectivity index (χ4v) is 4.50. The SMILES string of the molecule is CC(C)[C@@H](NS(=O)(=O)C[C@H]1CCOC1)c1ccc(Cl)cc1F. The van der Waals surface area contributed by atoms with E-state index in [1.165, 1.54) is 12.1 Å². The fraction of sp³-hybridized carbons (Fsp3) is 0.600. The predicted molar refractivity (Wildman–Crippen MR) is 84.8 cm³/mol. The molecule has 1 heterocycles. The van der Waals surface area contributed by atoms with E-state index >= 15 is 0 Å². The van der Waals surface area contributed by atoms with E-state index in [0.29, 0.717) is 18.8 Å². The highest BCUT2D eigenvalue weighted by Gasteiger charge is 2.28.